The normalized spacial score (nSPS) is 15.1. The maximum absolute atomic E-state index is 12.2. The first-order valence-corrected chi connectivity index (χ1v) is 11.7. The van der Waals surface area contributed by atoms with Crippen LogP contribution in [0.15, 0.2) is 18.2 Å². The van der Waals surface area contributed by atoms with Gasteiger partial charge in [-0.3, -0.25) is 9.69 Å². The largest absolute Gasteiger partial charge is 0.493 e. The van der Waals surface area contributed by atoms with Gasteiger partial charge in [-0.25, -0.2) is 0 Å². The third-order valence-electron chi connectivity index (χ3n) is 5.71. The summed E-state index contributed by atoms with van der Waals surface area (Å²) < 4.78 is 18.3. The molecule has 0 fully saturated rings. The number of hydrogen-bond acceptors (Lipinski definition) is 7. The van der Waals surface area contributed by atoms with Gasteiger partial charge in [0.25, 0.3) is 0 Å². The van der Waals surface area contributed by atoms with Gasteiger partial charge in [0.1, 0.15) is 12.4 Å². The van der Waals surface area contributed by atoms with Gasteiger partial charge in [0, 0.05) is 39.7 Å². The average Bonchev–Trinajstić information content (AvgIpc) is 3.08. The van der Waals surface area contributed by atoms with Gasteiger partial charge in [0.15, 0.2) is 17.3 Å². The molecule has 1 aromatic carbocycles. The Morgan fingerprint density at radius 1 is 1.15 bits per heavy atom. The fourth-order valence-corrected chi connectivity index (χ4v) is 4.22. The first-order valence-electron chi connectivity index (χ1n) is 11.7. The molecule has 1 atom stereocenters. The molecule has 0 saturated heterocycles. The molecule has 9 nitrogen and oxygen atoms in total. The quantitative estimate of drug-likeness (QED) is 0.552. The van der Waals surface area contributed by atoms with E-state index in [0.717, 1.165) is 62.2 Å². The summed E-state index contributed by atoms with van der Waals surface area (Å²) in [4.78, 5) is 14.6. The van der Waals surface area contributed by atoms with Crippen LogP contribution in [0.2, 0.25) is 0 Å². The van der Waals surface area contributed by atoms with E-state index in [4.69, 9.17) is 14.2 Å². The van der Waals surface area contributed by atoms with Crippen LogP contribution in [0.5, 0.6) is 11.5 Å². The Labute approximate surface area is 196 Å². The van der Waals surface area contributed by atoms with Crippen molar-refractivity contribution in [3.8, 4) is 11.5 Å². The molecule has 1 aromatic heterocycles. The lowest BCUT2D eigenvalue weighted by Crippen LogP contribution is -2.34. The zero-order valence-electron chi connectivity index (χ0n) is 20.5. The number of carbonyl (C=O) groups is 1. The van der Waals surface area contributed by atoms with Crippen molar-refractivity contribution in [2.75, 3.05) is 40.5 Å². The summed E-state index contributed by atoms with van der Waals surface area (Å²) in [6.07, 6.45) is 1.60. The molecular weight excluding hydrogens is 422 g/mol. The number of ether oxygens (including phenoxy) is 3. The summed E-state index contributed by atoms with van der Waals surface area (Å²) >= 11 is 0. The Kier molecular flexibility index (Phi) is 9.08. The molecule has 0 radical (unpaired) electrons. The van der Waals surface area contributed by atoms with Crippen LogP contribution in [0.25, 0.3) is 0 Å². The lowest BCUT2D eigenvalue weighted by Gasteiger charge is -2.22. The zero-order chi connectivity index (χ0) is 23.8. The van der Waals surface area contributed by atoms with Gasteiger partial charge in [0.05, 0.1) is 19.8 Å². The Bertz CT molecular complexity index is 914. The molecule has 1 amide bonds. The summed E-state index contributed by atoms with van der Waals surface area (Å²) in [7, 11) is 3.18. The number of aromatic nitrogens is 3. The number of benzene rings is 1. The van der Waals surface area contributed by atoms with Crippen LogP contribution in [0.1, 0.15) is 50.4 Å². The van der Waals surface area contributed by atoms with E-state index in [1.165, 1.54) is 12.7 Å². The molecule has 1 N–H and O–H groups in total. The van der Waals surface area contributed by atoms with E-state index in [1.807, 2.05) is 13.0 Å². The van der Waals surface area contributed by atoms with Crippen LogP contribution in [-0.2, 0) is 29.0 Å². The van der Waals surface area contributed by atoms with Crippen molar-refractivity contribution in [2.24, 2.45) is 5.92 Å². The molecule has 2 aromatic rings. The number of nitrogens with zero attached hydrogens (tertiary/aromatic N) is 4. The number of amides is 1. The van der Waals surface area contributed by atoms with Crippen molar-refractivity contribution in [1.29, 1.82) is 0 Å². The van der Waals surface area contributed by atoms with E-state index in [-0.39, 0.29) is 18.6 Å². The molecule has 182 valence electrons. The van der Waals surface area contributed by atoms with Crippen LogP contribution in [0, 0.1) is 5.92 Å². The molecule has 0 spiro atoms. The molecule has 1 unspecified atom stereocenters. The lowest BCUT2D eigenvalue weighted by molar-refractivity contribution is -0.125. The molecule has 9 heteroatoms. The van der Waals surface area contributed by atoms with Gasteiger partial charge in [-0.2, -0.15) is 0 Å². The van der Waals surface area contributed by atoms with Crippen LogP contribution in [0.4, 0.5) is 0 Å². The third-order valence-corrected chi connectivity index (χ3v) is 5.71. The Hall–Kier alpha value is -2.65. The van der Waals surface area contributed by atoms with Gasteiger partial charge in [0.2, 0.25) is 5.91 Å². The van der Waals surface area contributed by atoms with Crippen molar-refractivity contribution in [1.82, 2.24) is 25.0 Å². The maximum atomic E-state index is 12.2. The Morgan fingerprint density at radius 3 is 2.67 bits per heavy atom. The summed E-state index contributed by atoms with van der Waals surface area (Å²) in [5.74, 6) is 3.58. The first-order chi connectivity index (χ1) is 15.9. The van der Waals surface area contributed by atoms with Gasteiger partial charge < -0.3 is 24.1 Å². The minimum absolute atomic E-state index is 0.0367. The molecule has 1 aliphatic rings. The van der Waals surface area contributed by atoms with Crippen molar-refractivity contribution in [2.45, 2.75) is 52.7 Å². The van der Waals surface area contributed by atoms with Gasteiger partial charge in [-0.15, -0.1) is 10.2 Å². The van der Waals surface area contributed by atoms with E-state index in [2.05, 4.69) is 51.0 Å². The smallest absolute Gasteiger partial charge is 0.246 e. The van der Waals surface area contributed by atoms with E-state index in [9.17, 15) is 4.79 Å². The average molecular weight is 460 g/mol. The molecule has 0 saturated carbocycles. The highest BCUT2D eigenvalue weighted by molar-refractivity contribution is 5.77. The third kappa shape index (κ3) is 6.68. The second kappa shape index (κ2) is 12.0. The maximum Gasteiger partial charge on any atom is 0.246 e. The van der Waals surface area contributed by atoms with Crippen LogP contribution < -0.4 is 14.8 Å². The number of rotatable bonds is 11. The molecular formula is C24H37N5O4. The molecule has 0 bridgehead atoms. The van der Waals surface area contributed by atoms with E-state index >= 15 is 0 Å². The molecule has 3 rings (SSSR count). The highest BCUT2D eigenvalue weighted by atomic mass is 16.5. The number of nitrogens with one attached hydrogen (secondary N) is 1. The highest BCUT2D eigenvalue weighted by Crippen LogP contribution is 2.29. The van der Waals surface area contributed by atoms with E-state index < -0.39 is 0 Å². The number of methoxy groups -OCH3 is 2. The van der Waals surface area contributed by atoms with Crippen molar-refractivity contribution >= 4 is 5.91 Å². The highest BCUT2D eigenvalue weighted by Gasteiger charge is 2.26. The van der Waals surface area contributed by atoms with Crippen molar-refractivity contribution in [3.05, 3.63) is 35.4 Å². The van der Waals surface area contributed by atoms with Gasteiger partial charge in [-0.1, -0.05) is 19.9 Å². The van der Waals surface area contributed by atoms with Crippen LogP contribution in [-0.4, -0.2) is 66.1 Å². The van der Waals surface area contributed by atoms with Crippen molar-refractivity contribution < 1.29 is 19.0 Å². The summed E-state index contributed by atoms with van der Waals surface area (Å²) in [5, 5.41) is 12.0. The van der Waals surface area contributed by atoms with Crippen LogP contribution in [0.3, 0.4) is 0 Å². The predicted octanol–water partition coefficient (Wildman–Crippen LogP) is 2.59. The van der Waals surface area contributed by atoms with Gasteiger partial charge in [-0.05, 0) is 37.0 Å². The summed E-state index contributed by atoms with van der Waals surface area (Å²) in [6.45, 7) is 10.2. The first kappa shape index (κ1) is 25.0. The summed E-state index contributed by atoms with van der Waals surface area (Å²) in [6, 6.07) is 5.92. The Morgan fingerprint density at radius 2 is 1.97 bits per heavy atom. The molecule has 2 heterocycles. The second-order valence-corrected chi connectivity index (χ2v) is 8.75. The van der Waals surface area contributed by atoms with E-state index in [0.29, 0.717) is 12.5 Å². The number of hydrogen-bond donors (Lipinski definition) is 1. The second-order valence-electron chi connectivity index (χ2n) is 8.75. The van der Waals surface area contributed by atoms with Gasteiger partial charge >= 0.3 is 0 Å². The van der Waals surface area contributed by atoms with Crippen molar-refractivity contribution in [3.63, 3.8) is 0 Å². The minimum atomic E-state index is -0.184. The predicted molar refractivity (Wildman–Crippen MR) is 125 cm³/mol. The SMILES string of the molecule is CCOc1cc(CN2CCc3nnc(C(CC(C)C)NC(=O)COC)n3CC2)ccc1OC. The number of fused-ring (bicyclic) bond motifs is 1. The standard InChI is InChI=1S/C24H37N5O4/c1-6-33-21-14-18(7-8-20(21)32-5)15-28-10-9-22-26-27-24(29(22)12-11-28)19(13-17(2)3)25-23(30)16-31-4/h7-8,14,17,19H,6,9-13,15-16H2,1-5H3,(H,25,30). The monoisotopic (exact) mass is 459 g/mol. The topological polar surface area (TPSA) is 90.7 Å². The van der Waals surface area contributed by atoms with E-state index in [1.54, 1.807) is 7.11 Å². The fraction of sp³-hybridized carbons (Fsp3) is 0.625. The molecule has 1 aliphatic heterocycles. The number of carbonyl (C=O) groups excluding carboxylic acids is 1. The fourth-order valence-electron chi connectivity index (χ4n) is 4.22. The zero-order valence-corrected chi connectivity index (χ0v) is 20.5. The minimum Gasteiger partial charge on any atom is -0.493 e. The summed E-state index contributed by atoms with van der Waals surface area (Å²) in [5.41, 5.74) is 1.18. The lowest BCUT2D eigenvalue weighted by atomic mass is 10.0. The van der Waals surface area contributed by atoms with Crippen LogP contribution >= 0.6 is 0 Å². The molecule has 33 heavy (non-hydrogen) atoms. The Balaban J connectivity index is 1.71. The molecule has 0 aliphatic carbocycles.